The molecule has 4 nitrogen and oxygen atoms in total. The lowest BCUT2D eigenvalue weighted by Gasteiger charge is -2.05. The van der Waals surface area contributed by atoms with E-state index in [9.17, 15) is 0 Å². The van der Waals surface area contributed by atoms with Crippen molar-refractivity contribution in [2.45, 2.75) is 32.1 Å². The summed E-state index contributed by atoms with van der Waals surface area (Å²) in [6.45, 7) is 1.55. The number of aromatic nitrogens is 1. The molecule has 0 bridgehead atoms. The van der Waals surface area contributed by atoms with Crippen LogP contribution in [0.1, 0.15) is 30.5 Å². The molecule has 1 heterocycles. The maximum atomic E-state index is 5.86. The lowest BCUT2D eigenvalue weighted by molar-refractivity contribution is 0.684. The number of pyridine rings is 1. The molecular formula is C19H26N4. The van der Waals surface area contributed by atoms with Gasteiger partial charge in [0.05, 0.1) is 0 Å². The molecule has 0 atom stereocenters. The molecule has 0 radical (unpaired) electrons. The van der Waals surface area contributed by atoms with Crippen LogP contribution >= 0.6 is 0 Å². The number of aryl methyl sites for hydroxylation is 1. The molecule has 1 aromatic carbocycles. The highest BCUT2D eigenvalue weighted by atomic mass is 15.1. The topological polar surface area (TPSA) is 63.3 Å². The van der Waals surface area contributed by atoms with Crippen molar-refractivity contribution < 1.29 is 0 Å². The van der Waals surface area contributed by atoms with E-state index in [1.807, 2.05) is 24.4 Å². The fourth-order valence-corrected chi connectivity index (χ4v) is 2.38. The fourth-order valence-electron chi connectivity index (χ4n) is 2.38. The van der Waals surface area contributed by atoms with Crippen molar-refractivity contribution in [3.05, 3.63) is 66.0 Å². The van der Waals surface area contributed by atoms with Crippen molar-refractivity contribution in [3.63, 3.8) is 0 Å². The van der Waals surface area contributed by atoms with Gasteiger partial charge in [0.2, 0.25) is 0 Å². The van der Waals surface area contributed by atoms with Gasteiger partial charge in [-0.3, -0.25) is 9.98 Å². The summed E-state index contributed by atoms with van der Waals surface area (Å²) in [4.78, 5) is 8.64. The lowest BCUT2D eigenvalue weighted by Crippen LogP contribution is -2.33. The Bertz CT molecular complexity index is 566. The molecule has 0 saturated carbocycles. The number of hydrogen-bond donors (Lipinski definition) is 2. The van der Waals surface area contributed by atoms with Crippen molar-refractivity contribution >= 4 is 5.96 Å². The van der Waals surface area contributed by atoms with E-state index in [4.69, 9.17) is 5.73 Å². The molecule has 0 saturated heterocycles. The molecule has 0 aliphatic rings. The maximum Gasteiger partial charge on any atom is 0.188 e. The first-order valence-electron chi connectivity index (χ1n) is 8.32. The summed E-state index contributed by atoms with van der Waals surface area (Å²) in [6, 6.07) is 16.5. The van der Waals surface area contributed by atoms with Crippen molar-refractivity contribution in [2.75, 3.05) is 13.1 Å². The Labute approximate surface area is 138 Å². The van der Waals surface area contributed by atoms with Crippen LogP contribution in [0.3, 0.4) is 0 Å². The highest BCUT2D eigenvalue weighted by molar-refractivity contribution is 5.77. The van der Waals surface area contributed by atoms with Crippen LogP contribution in [0.2, 0.25) is 0 Å². The first-order chi connectivity index (χ1) is 11.3. The van der Waals surface area contributed by atoms with Crippen molar-refractivity contribution in [1.82, 2.24) is 10.3 Å². The van der Waals surface area contributed by atoms with Gasteiger partial charge in [0.1, 0.15) is 0 Å². The summed E-state index contributed by atoms with van der Waals surface area (Å²) >= 11 is 0. The largest absolute Gasteiger partial charge is 0.370 e. The number of hydrogen-bond acceptors (Lipinski definition) is 2. The van der Waals surface area contributed by atoms with Gasteiger partial charge >= 0.3 is 0 Å². The molecule has 0 fully saturated rings. The maximum absolute atomic E-state index is 5.86. The number of benzene rings is 1. The Morgan fingerprint density at radius 1 is 0.957 bits per heavy atom. The van der Waals surface area contributed by atoms with Crippen molar-refractivity contribution in [1.29, 1.82) is 0 Å². The van der Waals surface area contributed by atoms with Crippen molar-refractivity contribution in [2.24, 2.45) is 10.7 Å². The predicted octanol–water partition coefficient (Wildman–Crippen LogP) is 2.94. The molecule has 0 aliphatic heterocycles. The third kappa shape index (κ3) is 7.45. The van der Waals surface area contributed by atoms with Gasteiger partial charge in [-0.2, -0.15) is 0 Å². The molecule has 3 N–H and O–H groups in total. The number of unbranched alkanes of at least 4 members (excludes halogenated alkanes) is 2. The van der Waals surface area contributed by atoms with E-state index in [0.717, 1.165) is 38.0 Å². The average Bonchev–Trinajstić information content (AvgIpc) is 2.60. The Kier molecular flexibility index (Phi) is 7.67. The van der Waals surface area contributed by atoms with E-state index < -0.39 is 0 Å². The van der Waals surface area contributed by atoms with E-state index >= 15 is 0 Å². The monoisotopic (exact) mass is 310 g/mol. The Hall–Kier alpha value is -2.36. The number of nitrogens with two attached hydrogens (primary N) is 1. The van der Waals surface area contributed by atoms with E-state index in [1.165, 1.54) is 18.4 Å². The van der Waals surface area contributed by atoms with Crippen molar-refractivity contribution in [3.8, 4) is 0 Å². The first kappa shape index (κ1) is 17.0. The summed E-state index contributed by atoms with van der Waals surface area (Å²) in [5, 5.41) is 3.14. The summed E-state index contributed by atoms with van der Waals surface area (Å²) in [5.41, 5.74) is 8.33. The number of guanidine groups is 1. The van der Waals surface area contributed by atoms with E-state index in [1.54, 1.807) is 0 Å². The minimum absolute atomic E-state index is 0.531. The number of nitrogens with one attached hydrogen (secondary N) is 1. The number of nitrogens with zero attached hydrogens (tertiary/aromatic N) is 2. The molecule has 2 aromatic rings. The molecule has 122 valence electrons. The van der Waals surface area contributed by atoms with E-state index in [0.29, 0.717) is 5.96 Å². The quantitative estimate of drug-likeness (QED) is 0.425. The normalized spacial score (nSPS) is 11.4. The second kappa shape index (κ2) is 10.4. The molecular weight excluding hydrogens is 284 g/mol. The Morgan fingerprint density at radius 3 is 2.57 bits per heavy atom. The third-order valence-electron chi connectivity index (χ3n) is 3.66. The minimum Gasteiger partial charge on any atom is -0.370 e. The van der Waals surface area contributed by atoms with Gasteiger partial charge in [-0.25, -0.2) is 0 Å². The highest BCUT2D eigenvalue weighted by Crippen LogP contribution is 2.06. The smallest absolute Gasteiger partial charge is 0.188 e. The van der Waals surface area contributed by atoms with Gasteiger partial charge in [0, 0.05) is 31.4 Å². The highest BCUT2D eigenvalue weighted by Gasteiger charge is 1.95. The Morgan fingerprint density at radius 2 is 1.78 bits per heavy atom. The molecule has 23 heavy (non-hydrogen) atoms. The van der Waals surface area contributed by atoms with Gasteiger partial charge in [0.15, 0.2) is 5.96 Å². The van der Waals surface area contributed by atoms with Gasteiger partial charge < -0.3 is 11.1 Å². The zero-order chi connectivity index (χ0) is 16.2. The molecule has 0 spiro atoms. The van der Waals surface area contributed by atoms with Crippen LogP contribution in [-0.2, 0) is 12.8 Å². The van der Waals surface area contributed by atoms with Gasteiger partial charge in [-0.1, -0.05) is 42.8 Å². The first-order valence-corrected chi connectivity index (χ1v) is 8.32. The van der Waals surface area contributed by atoms with Crippen LogP contribution in [0.25, 0.3) is 0 Å². The third-order valence-corrected chi connectivity index (χ3v) is 3.66. The second-order valence-corrected chi connectivity index (χ2v) is 5.56. The number of aliphatic imine (C=N–C) groups is 1. The standard InChI is InChI=1S/C19H26N4/c20-19(23-16-13-18-12-6-8-14-21-18)22-15-7-2-5-11-17-9-3-1-4-10-17/h1,3-4,6,8-10,12,14H,2,5,7,11,13,15-16H2,(H3,20,22,23). The summed E-state index contributed by atoms with van der Waals surface area (Å²) in [6.07, 6.45) is 7.26. The van der Waals surface area contributed by atoms with Crippen LogP contribution in [0, 0.1) is 0 Å². The minimum atomic E-state index is 0.531. The van der Waals surface area contributed by atoms with Crippen LogP contribution in [-0.4, -0.2) is 24.0 Å². The Balaban J connectivity index is 1.51. The lowest BCUT2D eigenvalue weighted by atomic mass is 10.1. The summed E-state index contributed by atoms with van der Waals surface area (Å²) in [5.74, 6) is 0.531. The van der Waals surface area contributed by atoms with E-state index in [2.05, 4.69) is 45.6 Å². The van der Waals surface area contributed by atoms with E-state index in [-0.39, 0.29) is 0 Å². The molecule has 2 rings (SSSR count). The zero-order valence-electron chi connectivity index (χ0n) is 13.6. The zero-order valence-corrected chi connectivity index (χ0v) is 13.6. The second-order valence-electron chi connectivity index (χ2n) is 5.56. The average molecular weight is 310 g/mol. The van der Waals surface area contributed by atoms with Gasteiger partial charge in [-0.15, -0.1) is 0 Å². The molecule has 1 aromatic heterocycles. The molecule has 4 heteroatoms. The van der Waals surface area contributed by atoms with Crippen LogP contribution in [0.15, 0.2) is 59.7 Å². The van der Waals surface area contributed by atoms with Crippen LogP contribution in [0.5, 0.6) is 0 Å². The van der Waals surface area contributed by atoms with Crippen LogP contribution in [0.4, 0.5) is 0 Å². The fraction of sp³-hybridized carbons (Fsp3) is 0.368. The molecule has 0 amide bonds. The SMILES string of the molecule is NC(=NCCCCCc1ccccc1)NCCc1ccccn1. The number of rotatable bonds is 9. The predicted molar refractivity (Wildman–Crippen MR) is 96.4 cm³/mol. The summed E-state index contributed by atoms with van der Waals surface area (Å²) in [7, 11) is 0. The van der Waals surface area contributed by atoms with Gasteiger partial charge in [0.25, 0.3) is 0 Å². The van der Waals surface area contributed by atoms with Crippen LogP contribution < -0.4 is 11.1 Å². The molecule has 0 aliphatic carbocycles. The van der Waals surface area contributed by atoms with Gasteiger partial charge in [-0.05, 0) is 37.0 Å². The summed E-state index contributed by atoms with van der Waals surface area (Å²) < 4.78 is 0. The molecule has 0 unspecified atom stereocenters.